The van der Waals surface area contributed by atoms with Crippen LogP contribution in [0.15, 0.2) is 22.8 Å². The monoisotopic (exact) mass is 155 g/mol. The molecule has 0 spiro atoms. The number of carbonyl (C=O) groups excluding carboxylic acids is 1. The van der Waals surface area contributed by atoms with Crippen molar-refractivity contribution in [1.29, 1.82) is 0 Å². The van der Waals surface area contributed by atoms with Gasteiger partial charge in [0.05, 0.1) is 19.9 Å². The van der Waals surface area contributed by atoms with Gasteiger partial charge in [0.2, 0.25) is 0 Å². The van der Waals surface area contributed by atoms with E-state index in [2.05, 4.69) is 10.1 Å². The Morgan fingerprint density at radius 1 is 1.82 bits per heavy atom. The molecule has 1 amide bonds. The lowest BCUT2D eigenvalue weighted by Gasteiger charge is -1.99. The normalized spacial score (nSPS) is 9.18. The Kier molecular flexibility index (Phi) is 2.54. The van der Waals surface area contributed by atoms with E-state index in [1.807, 2.05) is 0 Å². The first kappa shape index (κ1) is 7.65. The van der Waals surface area contributed by atoms with E-state index in [0.717, 1.165) is 0 Å². The van der Waals surface area contributed by atoms with Crippen molar-refractivity contribution in [3.63, 3.8) is 0 Å². The fourth-order valence-corrected chi connectivity index (χ4v) is 0.645. The second kappa shape index (κ2) is 3.65. The molecule has 11 heavy (non-hydrogen) atoms. The predicted octanol–water partition coefficient (Wildman–Crippen LogP) is 1.14. The highest BCUT2D eigenvalue weighted by atomic mass is 16.5. The SMILES string of the molecule is COC(=O)NCc1ccco1. The quantitative estimate of drug-likeness (QED) is 0.696. The van der Waals surface area contributed by atoms with Crippen molar-refractivity contribution in [1.82, 2.24) is 5.32 Å². The molecule has 0 saturated carbocycles. The minimum atomic E-state index is -0.457. The maximum absolute atomic E-state index is 10.5. The molecule has 0 aliphatic heterocycles. The standard InChI is InChI=1S/C7H9NO3/c1-10-7(9)8-5-6-3-2-4-11-6/h2-4H,5H2,1H3,(H,8,9). The predicted molar refractivity (Wildman–Crippen MR) is 38.0 cm³/mol. The van der Waals surface area contributed by atoms with Crippen molar-refractivity contribution in [2.45, 2.75) is 6.54 Å². The van der Waals surface area contributed by atoms with Crippen molar-refractivity contribution in [3.8, 4) is 0 Å². The highest BCUT2D eigenvalue weighted by molar-refractivity contribution is 5.66. The molecule has 0 atom stereocenters. The first-order valence-electron chi connectivity index (χ1n) is 3.17. The van der Waals surface area contributed by atoms with Gasteiger partial charge in [0.1, 0.15) is 5.76 Å². The van der Waals surface area contributed by atoms with Crippen LogP contribution in [0.25, 0.3) is 0 Å². The van der Waals surface area contributed by atoms with Crippen LogP contribution in [0.3, 0.4) is 0 Å². The van der Waals surface area contributed by atoms with Crippen LogP contribution in [0.1, 0.15) is 5.76 Å². The number of carbonyl (C=O) groups is 1. The van der Waals surface area contributed by atoms with E-state index in [-0.39, 0.29) is 0 Å². The van der Waals surface area contributed by atoms with Gasteiger partial charge in [0.25, 0.3) is 0 Å². The topological polar surface area (TPSA) is 51.5 Å². The van der Waals surface area contributed by atoms with Gasteiger partial charge in [-0.3, -0.25) is 0 Å². The van der Waals surface area contributed by atoms with Gasteiger partial charge in [-0.05, 0) is 12.1 Å². The molecule has 0 unspecified atom stereocenters. The number of ether oxygens (including phenoxy) is 1. The third-order valence-corrected chi connectivity index (χ3v) is 1.17. The molecule has 1 rings (SSSR count). The minimum Gasteiger partial charge on any atom is -0.467 e. The zero-order valence-corrected chi connectivity index (χ0v) is 6.16. The molecule has 0 fully saturated rings. The first-order chi connectivity index (χ1) is 5.33. The Hall–Kier alpha value is -1.45. The molecular weight excluding hydrogens is 146 g/mol. The van der Waals surface area contributed by atoms with Gasteiger partial charge in [-0.25, -0.2) is 4.79 Å². The number of methoxy groups -OCH3 is 1. The van der Waals surface area contributed by atoms with E-state index in [1.54, 1.807) is 18.4 Å². The van der Waals surface area contributed by atoms with Gasteiger partial charge in [-0.15, -0.1) is 0 Å². The first-order valence-corrected chi connectivity index (χ1v) is 3.17. The Labute approximate surface area is 64.1 Å². The van der Waals surface area contributed by atoms with Gasteiger partial charge in [-0.2, -0.15) is 0 Å². The molecule has 0 aliphatic rings. The van der Waals surface area contributed by atoms with Crippen LogP contribution in [-0.4, -0.2) is 13.2 Å². The average Bonchev–Trinajstić information content (AvgIpc) is 2.52. The van der Waals surface area contributed by atoms with E-state index >= 15 is 0 Å². The van der Waals surface area contributed by atoms with Crippen molar-refractivity contribution < 1.29 is 13.9 Å². The van der Waals surface area contributed by atoms with Crippen LogP contribution in [0, 0.1) is 0 Å². The van der Waals surface area contributed by atoms with Gasteiger partial charge in [0.15, 0.2) is 0 Å². The van der Waals surface area contributed by atoms with E-state index in [9.17, 15) is 4.79 Å². The van der Waals surface area contributed by atoms with Gasteiger partial charge in [-0.1, -0.05) is 0 Å². The summed E-state index contributed by atoms with van der Waals surface area (Å²) in [7, 11) is 1.32. The van der Waals surface area contributed by atoms with E-state index < -0.39 is 6.09 Å². The summed E-state index contributed by atoms with van der Waals surface area (Å²) in [6.07, 6.45) is 1.09. The fraction of sp³-hybridized carbons (Fsp3) is 0.286. The lowest BCUT2D eigenvalue weighted by molar-refractivity contribution is 0.169. The molecule has 1 heterocycles. The number of hydrogen-bond acceptors (Lipinski definition) is 3. The molecule has 0 bridgehead atoms. The van der Waals surface area contributed by atoms with Crippen LogP contribution in [0.2, 0.25) is 0 Å². The van der Waals surface area contributed by atoms with E-state index in [4.69, 9.17) is 4.42 Å². The molecule has 0 radical (unpaired) electrons. The fourth-order valence-electron chi connectivity index (χ4n) is 0.645. The number of hydrogen-bond donors (Lipinski definition) is 1. The molecule has 0 saturated heterocycles. The molecular formula is C7H9NO3. The largest absolute Gasteiger partial charge is 0.467 e. The smallest absolute Gasteiger partial charge is 0.407 e. The maximum Gasteiger partial charge on any atom is 0.407 e. The summed E-state index contributed by atoms with van der Waals surface area (Å²) in [6.45, 7) is 0.361. The Morgan fingerprint density at radius 2 is 2.64 bits per heavy atom. The van der Waals surface area contributed by atoms with Crippen LogP contribution in [0.5, 0.6) is 0 Å². The zero-order valence-electron chi connectivity index (χ0n) is 6.16. The van der Waals surface area contributed by atoms with E-state index in [0.29, 0.717) is 12.3 Å². The lowest BCUT2D eigenvalue weighted by Crippen LogP contribution is -2.21. The van der Waals surface area contributed by atoms with Crippen molar-refractivity contribution in [2.24, 2.45) is 0 Å². The summed E-state index contributed by atoms with van der Waals surface area (Å²) in [5.74, 6) is 0.704. The maximum atomic E-state index is 10.5. The third kappa shape index (κ3) is 2.33. The van der Waals surface area contributed by atoms with Crippen molar-refractivity contribution in [3.05, 3.63) is 24.2 Å². The summed E-state index contributed by atoms with van der Waals surface area (Å²) in [6, 6.07) is 3.53. The van der Waals surface area contributed by atoms with Crippen LogP contribution in [0.4, 0.5) is 4.79 Å². The summed E-state index contributed by atoms with van der Waals surface area (Å²) < 4.78 is 9.31. The molecule has 1 aromatic heterocycles. The highest BCUT2D eigenvalue weighted by Crippen LogP contribution is 1.98. The number of rotatable bonds is 2. The third-order valence-electron chi connectivity index (χ3n) is 1.17. The Balaban J connectivity index is 2.29. The molecule has 60 valence electrons. The molecule has 0 aliphatic carbocycles. The summed E-state index contributed by atoms with van der Waals surface area (Å²) >= 11 is 0. The number of alkyl carbamates (subject to hydrolysis) is 1. The number of nitrogens with one attached hydrogen (secondary N) is 1. The Morgan fingerprint density at radius 3 is 3.18 bits per heavy atom. The van der Waals surface area contributed by atoms with E-state index in [1.165, 1.54) is 7.11 Å². The molecule has 1 aromatic rings. The van der Waals surface area contributed by atoms with Gasteiger partial charge in [0, 0.05) is 0 Å². The average molecular weight is 155 g/mol. The van der Waals surface area contributed by atoms with Gasteiger partial charge >= 0.3 is 6.09 Å². The van der Waals surface area contributed by atoms with Crippen LogP contribution < -0.4 is 5.32 Å². The minimum absolute atomic E-state index is 0.361. The Bertz CT molecular complexity index is 218. The lowest BCUT2D eigenvalue weighted by atomic mass is 10.4. The van der Waals surface area contributed by atoms with Crippen LogP contribution >= 0.6 is 0 Å². The molecule has 4 nitrogen and oxygen atoms in total. The zero-order chi connectivity index (χ0) is 8.10. The van der Waals surface area contributed by atoms with Crippen molar-refractivity contribution >= 4 is 6.09 Å². The molecule has 0 aromatic carbocycles. The number of furan rings is 1. The highest BCUT2D eigenvalue weighted by Gasteiger charge is 1.99. The summed E-state index contributed by atoms with van der Waals surface area (Å²) in [4.78, 5) is 10.5. The molecule has 4 heteroatoms. The summed E-state index contributed by atoms with van der Waals surface area (Å²) in [5, 5.41) is 2.48. The second-order valence-electron chi connectivity index (χ2n) is 1.92. The van der Waals surface area contributed by atoms with Crippen LogP contribution in [-0.2, 0) is 11.3 Å². The van der Waals surface area contributed by atoms with Crippen molar-refractivity contribution in [2.75, 3.05) is 7.11 Å². The van der Waals surface area contributed by atoms with Gasteiger partial charge < -0.3 is 14.5 Å². The second-order valence-corrected chi connectivity index (χ2v) is 1.92. The molecule has 1 N–H and O–H groups in total. The number of amides is 1. The summed E-state index contributed by atoms with van der Waals surface area (Å²) in [5.41, 5.74) is 0.